The Morgan fingerprint density at radius 3 is 2.17 bits per heavy atom. The summed E-state index contributed by atoms with van der Waals surface area (Å²) in [5, 5.41) is 7.03. The smallest absolute Gasteiger partial charge is 0.315 e. The van der Waals surface area contributed by atoms with Crippen molar-refractivity contribution in [2.75, 3.05) is 20.1 Å². The molecule has 0 aromatic rings. The zero-order valence-corrected chi connectivity index (χ0v) is 28.4. The van der Waals surface area contributed by atoms with E-state index >= 15 is 0 Å². The number of fused-ring (bicyclic) bond motifs is 7. The first-order chi connectivity index (χ1) is 19.6. The van der Waals surface area contributed by atoms with Gasteiger partial charge in [-0.1, -0.05) is 61.0 Å². The molecule has 0 aromatic carbocycles. The third-order valence-corrected chi connectivity index (χ3v) is 15.1. The number of carbonyl (C=O) groups excluding carboxylic acids is 2. The van der Waals surface area contributed by atoms with Crippen molar-refractivity contribution in [3.05, 3.63) is 11.1 Å². The molecular weight excluding hydrogens is 518 g/mol. The Bertz CT molecular complexity index is 1150. The van der Waals surface area contributed by atoms with Crippen molar-refractivity contribution in [3.8, 4) is 0 Å². The highest BCUT2D eigenvalue weighted by molar-refractivity contribution is 6.00. The lowest BCUT2D eigenvalue weighted by atomic mass is 9.32. The molecule has 8 atom stereocenters. The van der Waals surface area contributed by atoms with Gasteiger partial charge >= 0.3 is 6.03 Å². The lowest BCUT2D eigenvalue weighted by Crippen LogP contribution is -2.69. The number of hydrogen-bond donors (Lipinski definition) is 2. The number of ketones is 1. The number of nitrogens with one attached hydrogen (secondary N) is 2. The lowest BCUT2D eigenvalue weighted by molar-refractivity contribution is -0.219. The summed E-state index contributed by atoms with van der Waals surface area (Å²) in [5.74, 6) is 2.44. The molecule has 5 fully saturated rings. The number of carbonyl (C=O) groups is 2. The van der Waals surface area contributed by atoms with E-state index in [9.17, 15) is 9.59 Å². The Hall–Kier alpha value is -1.36. The van der Waals surface area contributed by atoms with Crippen molar-refractivity contribution in [1.29, 1.82) is 0 Å². The molecule has 0 bridgehead atoms. The zero-order valence-electron chi connectivity index (χ0n) is 28.4. The maximum absolute atomic E-state index is 13.6. The monoisotopic (exact) mass is 579 g/mol. The fourth-order valence-corrected chi connectivity index (χ4v) is 12.7. The lowest BCUT2D eigenvalue weighted by Gasteiger charge is -2.72. The molecular formula is C37H61N3O2. The molecule has 1 unspecified atom stereocenters. The molecule has 1 saturated heterocycles. The van der Waals surface area contributed by atoms with Crippen LogP contribution >= 0.6 is 0 Å². The minimum absolute atomic E-state index is 0.0611. The Labute approximate surface area is 256 Å². The van der Waals surface area contributed by atoms with Crippen LogP contribution in [0.3, 0.4) is 0 Å². The van der Waals surface area contributed by atoms with Crippen molar-refractivity contribution >= 4 is 11.8 Å². The van der Waals surface area contributed by atoms with Gasteiger partial charge in [-0.3, -0.25) is 4.79 Å². The van der Waals surface area contributed by atoms with Gasteiger partial charge in [0.2, 0.25) is 0 Å². The van der Waals surface area contributed by atoms with E-state index in [2.05, 4.69) is 78.0 Å². The van der Waals surface area contributed by atoms with Gasteiger partial charge in [-0.05, 0) is 141 Å². The standard InChI is InChI=1S/C37H61N3O2/c1-23(2)30-26(41)22-34(5)18-19-35(6)25(31(30)34)10-11-28-36(35,7)17-12-27-33(3,4)16-13-29(37(27,28)8)39-32(42)38-24-14-20-40(9)21-15-24/h23-25,27-29H,10-22H2,1-9H3,(H2,38,39,42)/t25-,27+,28+,29?,34+,35-,36-,37+/m1/s1. The predicted molar refractivity (Wildman–Crippen MR) is 171 cm³/mol. The highest BCUT2D eigenvalue weighted by Crippen LogP contribution is 2.76. The molecule has 6 rings (SSSR count). The first-order valence-electron chi connectivity index (χ1n) is 17.6. The van der Waals surface area contributed by atoms with E-state index < -0.39 is 0 Å². The fraction of sp³-hybridized carbons (Fsp3) is 0.892. The Morgan fingerprint density at radius 1 is 0.810 bits per heavy atom. The maximum atomic E-state index is 13.6. The van der Waals surface area contributed by atoms with Gasteiger partial charge in [0, 0.05) is 18.5 Å². The summed E-state index contributed by atoms with van der Waals surface area (Å²) in [5.41, 5.74) is 3.56. The molecule has 0 spiro atoms. The van der Waals surface area contributed by atoms with Gasteiger partial charge in [0.1, 0.15) is 0 Å². The third-order valence-electron chi connectivity index (χ3n) is 15.1. The van der Waals surface area contributed by atoms with E-state index in [0.717, 1.165) is 45.2 Å². The number of likely N-dealkylation sites (tertiary alicyclic amines) is 1. The Kier molecular flexibility index (Phi) is 7.35. The summed E-state index contributed by atoms with van der Waals surface area (Å²) in [6.45, 7) is 21.9. The number of rotatable bonds is 3. The first-order valence-corrected chi connectivity index (χ1v) is 17.6. The van der Waals surface area contributed by atoms with E-state index in [1.54, 1.807) is 5.57 Å². The number of hydrogen-bond acceptors (Lipinski definition) is 3. The van der Waals surface area contributed by atoms with Crippen LogP contribution < -0.4 is 10.6 Å². The van der Waals surface area contributed by atoms with E-state index in [-0.39, 0.29) is 45.2 Å². The minimum atomic E-state index is 0.0611. The van der Waals surface area contributed by atoms with E-state index in [1.165, 1.54) is 44.1 Å². The predicted octanol–water partition coefficient (Wildman–Crippen LogP) is 7.75. The van der Waals surface area contributed by atoms with Crippen LogP contribution in [0.5, 0.6) is 0 Å². The molecule has 0 aromatic heterocycles. The summed E-state index contributed by atoms with van der Waals surface area (Å²) in [6.07, 6.45) is 12.4. The molecule has 5 nitrogen and oxygen atoms in total. The van der Waals surface area contributed by atoms with Gasteiger partial charge in [0.15, 0.2) is 5.78 Å². The van der Waals surface area contributed by atoms with Crippen LogP contribution in [0.2, 0.25) is 0 Å². The first kappa shape index (κ1) is 30.7. The number of Topliss-reactive ketones (excluding diaryl/α,β-unsaturated/α-hetero) is 1. The summed E-state index contributed by atoms with van der Waals surface area (Å²) < 4.78 is 0. The third kappa shape index (κ3) is 4.31. The van der Waals surface area contributed by atoms with Gasteiger partial charge in [-0.15, -0.1) is 0 Å². The van der Waals surface area contributed by atoms with Crippen LogP contribution in [0.4, 0.5) is 4.79 Å². The molecule has 4 saturated carbocycles. The van der Waals surface area contributed by atoms with E-state index in [1.807, 2.05) is 0 Å². The van der Waals surface area contributed by atoms with Gasteiger partial charge in [0.05, 0.1) is 0 Å². The number of nitrogens with zero attached hydrogens (tertiary/aromatic N) is 1. The van der Waals surface area contributed by atoms with Crippen LogP contribution in [0.25, 0.3) is 0 Å². The largest absolute Gasteiger partial charge is 0.335 e. The van der Waals surface area contributed by atoms with Gasteiger partial charge in [-0.25, -0.2) is 4.79 Å². The molecule has 42 heavy (non-hydrogen) atoms. The second kappa shape index (κ2) is 10.1. The molecule has 236 valence electrons. The highest BCUT2D eigenvalue weighted by Gasteiger charge is 2.70. The summed E-state index contributed by atoms with van der Waals surface area (Å²) >= 11 is 0. The van der Waals surface area contributed by atoms with Gasteiger partial charge in [0.25, 0.3) is 0 Å². The Morgan fingerprint density at radius 2 is 1.50 bits per heavy atom. The van der Waals surface area contributed by atoms with Crippen LogP contribution in [-0.4, -0.2) is 48.9 Å². The second-order valence-corrected chi connectivity index (χ2v) is 17.9. The Balaban J connectivity index is 1.33. The molecule has 5 aliphatic carbocycles. The SMILES string of the molecule is CC(C)C1=C2[C@H]3CC[C@@H]4[C@@]5(C)C(NC(=O)NC6CCN(C)CC6)CCC(C)(C)[C@@H]5CC[C@@]4(C)[C@]3(C)CC[C@@]2(C)CC1=O. The van der Waals surface area contributed by atoms with E-state index in [4.69, 9.17) is 0 Å². The molecule has 6 aliphatic rings. The number of allylic oxidation sites excluding steroid dienone is 2. The molecule has 1 heterocycles. The summed E-state index contributed by atoms with van der Waals surface area (Å²) in [4.78, 5) is 29.4. The quantitative estimate of drug-likeness (QED) is 0.359. The second-order valence-electron chi connectivity index (χ2n) is 17.9. The zero-order chi connectivity index (χ0) is 30.5. The normalized spacial score (nSPS) is 45.6. The minimum Gasteiger partial charge on any atom is -0.335 e. The number of piperidine rings is 1. The van der Waals surface area contributed by atoms with Crippen molar-refractivity contribution in [1.82, 2.24) is 15.5 Å². The number of urea groups is 1. The molecule has 2 amide bonds. The van der Waals surface area contributed by atoms with Crippen molar-refractivity contribution in [3.63, 3.8) is 0 Å². The van der Waals surface area contributed by atoms with Crippen molar-refractivity contribution in [2.24, 2.45) is 50.7 Å². The average Bonchev–Trinajstić information content (AvgIpc) is 3.18. The van der Waals surface area contributed by atoms with Gasteiger partial charge < -0.3 is 15.5 Å². The van der Waals surface area contributed by atoms with E-state index in [0.29, 0.717) is 29.5 Å². The highest BCUT2D eigenvalue weighted by atomic mass is 16.2. The van der Waals surface area contributed by atoms with Crippen LogP contribution in [-0.2, 0) is 4.79 Å². The van der Waals surface area contributed by atoms with Crippen LogP contribution in [0, 0.1) is 50.7 Å². The van der Waals surface area contributed by atoms with Crippen molar-refractivity contribution in [2.45, 2.75) is 138 Å². The fourth-order valence-electron chi connectivity index (χ4n) is 12.7. The molecule has 0 radical (unpaired) electrons. The maximum Gasteiger partial charge on any atom is 0.315 e. The summed E-state index contributed by atoms with van der Waals surface area (Å²) in [6, 6.07) is 0.551. The molecule has 5 heteroatoms. The van der Waals surface area contributed by atoms with Crippen LogP contribution in [0.1, 0.15) is 126 Å². The topological polar surface area (TPSA) is 61.4 Å². The molecule has 2 N–H and O–H groups in total. The number of amides is 2. The summed E-state index contributed by atoms with van der Waals surface area (Å²) in [7, 11) is 2.17. The van der Waals surface area contributed by atoms with Crippen LogP contribution in [0.15, 0.2) is 11.1 Å². The molecule has 1 aliphatic heterocycles. The van der Waals surface area contributed by atoms with Gasteiger partial charge in [-0.2, -0.15) is 0 Å². The van der Waals surface area contributed by atoms with Crippen molar-refractivity contribution < 1.29 is 9.59 Å². The average molecular weight is 580 g/mol.